The molecular formula is C12H24N2O5S. The SMILES string of the molecule is CS(=O)(=O)N1CCCCC1C(=O)NCCCOCCO. The summed E-state index contributed by atoms with van der Waals surface area (Å²) in [6.07, 6.45) is 4.01. The summed E-state index contributed by atoms with van der Waals surface area (Å²) >= 11 is 0. The van der Waals surface area contributed by atoms with E-state index in [4.69, 9.17) is 9.84 Å². The predicted octanol–water partition coefficient (Wildman–Crippen LogP) is -0.684. The van der Waals surface area contributed by atoms with Crippen LogP contribution in [0.25, 0.3) is 0 Å². The van der Waals surface area contributed by atoms with Crippen molar-refractivity contribution in [2.24, 2.45) is 0 Å². The Morgan fingerprint density at radius 1 is 1.40 bits per heavy atom. The zero-order chi connectivity index (χ0) is 15.0. The van der Waals surface area contributed by atoms with Gasteiger partial charge in [0.05, 0.1) is 19.5 Å². The van der Waals surface area contributed by atoms with E-state index < -0.39 is 16.1 Å². The highest BCUT2D eigenvalue weighted by Gasteiger charge is 2.34. The molecule has 0 aromatic rings. The highest BCUT2D eigenvalue weighted by atomic mass is 32.2. The largest absolute Gasteiger partial charge is 0.394 e. The van der Waals surface area contributed by atoms with Gasteiger partial charge in [-0.15, -0.1) is 0 Å². The lowest BCUT2D eigenvalue weighted by molar-refractivity contribution is -0.125. The molecule has 118 valence electrons. The fourth-order valence-corrected chi connectivity index (χ4v) is 3.36. The molecule has 1 fully saturated rings. The number of aliphatic hydroxyl groups excluding tert-OH is 1. The fraction of sp³-hybridized carbons (Fsp3) is 0.917. The molecule has 1 rings (SSSR count). The Kier molecular flexibility index (Phi) is 7.42. The monoisotopic (exact) mass is 308 g/mol. The van der Waals surface area contributed by atoms with Gasteiger partial charge in [0.15, 0.2) is 0 Å². The number of carbonyl (C=O) groups is 1. The second-order valence-electron chi connectivity index (χ2n) is 4.87. The first-order valence-corrected chi connectivity index (χ1v) is 8.75. The minimum atomic E-state index is -3.34. The van der Waals surface area contributed by atoms with Gasteiger partial charge in [-0.05, 0) is 19.3 Å². The topological polar surface area (TPSA) is 95.9 Å². The van der Waals surface area contributed by atoms with E-state index in [2.05, 4.69) is 5.32 Å². The Morgan fingerprint density at radius 2 is 2.15 bits per heavy atom. The fourth-order valence-electron chi connectivity index (χ4n) is 2.23. The van der Waals surface area contributed by atoms with Crippen molar-refractivity contribution in [2.75, 3.05) is 39.2 Å². The Bertz CT molecular complexity index is 399. The van der Waals surface area contributed by atoms with Crippen molar-refractivity contribution in [3.8, 4) is 0 Å². The molecule has 1 unspecified atom stereocenters. The van der Waals surface area contributed by atoms with E-state index >= 15 is 0 Å². The first kappa shape index (κ1) is 17.4. The van der Waals surface area contributed by atoms with Gasteiger partial charge in [0.1, 0.15) is 6.04 Å². The third-order valence-corrected chi connectivity index (χ3v) is 4.47. The number of piperidine rings is 1. The maximum absolute atomic E-state index is 12.0. The Hall–Kier alpha value is -0.700. The van der Waals surface area contributed by atoms with Gasteiger partial charge < -0.3 is 15.2 Å². The number of amides is 1. The number of ether oxygens (including phenoxy) is 1. The molecule has 0 spiro atoms. The number of sulfonamides is 1. The van der Waals surface area contributed by atoms with Gasteiger partial charge in [-0.2, -0.15) is 4.31 Å². The molecule has 0 aromatic heterocycles. The summed E-state index contributed by atoms with van der Waals surface area (Å²) in [7, 11) is -3.34. The van der Waals surface area contributed by atoms with Crippen molar-refractivity contribution in [3.63, 3.8) is 0 Å². The number of hydrogen-bond acceptors (Lipinski definition) is 5. The Morgan fingerprint density at radius 3 is 2.80 bits per heavy atom. The van der Waals surface area contributed by atoms with Crippen LogP contribution in [-0.2, 0) is 19.6 Å². The Balaban J connectivity index is 2.37. The second-order valence-corrected chi connectivity index (χ2v) is 6.80. The van der Waals surface area contributed by atoms with Crippen LogP contribution in [0.15, 0.2) is 0 Å². The minimum absolute atomic E-state index is 0.0161. The lowest BCUT2D eigenvalue weighted by Crippen LogP contribution is -2.51. The molecule has 8 heteroatoms. The lowest BCUT2D eigenvalue weighted by atomic mass is 10.0. The predicted molar refractivity (Wildman–Crippen MR) is 74.7 cm³/mol. The summed E-state index contributed by atoms with van der Waals surface area (Å²) in [4.78, 5) is 12.0. The molecule has 1 aliphatic heterocycles. The van der Waals surface area contributed by atoms with E-state index in [1.165, 1.54) is 4.31 Å². The van der Waals surface area contributed by atoms with Crippen molar-refractivity contribution in [1.29, 1.82) is 0 Å². The summed E-state index contributed by atoms with van der Waals surface area (Å²) in [6.45, 7) is 1.59. The van der Waals surface area contributed by atoms with Gasteiger partial charge in [-0.3, -0.25) is 4.79 Å². The molecule has 7 nitrogen and oxygen atoms in total. The number of nitrogens with zero attached hydrogens (tertiary/aromatic N) is 1. The summed E-state index contributed by atoms with van der Waals surface area (Å²) in [5, 5.41) is 11.3. The number of aliphatic hydroxyl groups is 1. The molecule has 1 atom stereocenters. The molecule has 1 amide bonds. The second kappa shape index (κ2) is 8.56. The summed E-state index contributed by atoms with van der Waals surface area (Å²) in [5.74, 6) is -0.239. The van der Waals surface area contributed by atoms with Crippen LogP contribution in [0.5, 0.6) is 0 Å². The Labute approximate surface area is 120 Å². The van der Waals surface area contributed by atoms with Crippen LogP contribution in [0, 0.1) is 0 Å². The van der Waals surface area contributed by atoms with Crippen molar-refractivity contribution in [3.05, 3.63) is 0 Å². The number of carbonyl (C=O) groups excluding carboxylic acids is 1. The normalized spacial score (nSPS) is 20.8. The van der Waals surface area contributed by atoms with Gasteiger partial charge >= 0.3 is 0 Å². The maximum Gasteiger partial charge on any atom is 0.238 e. The van der Waals surface area contributed by atoms with E-state index in [0.29, 0.717) is 39.1 Å². The summed E-state index contributed by atoms with van der Waals surface area (Å²) in [5.41, 5.74) is 0. The molecular weight excluding hydrogens is 284 g/mol. The third kappa shape index (κ3) is 5.74. The van der Waals surface area contributed by atoms with Crippen LogP contribution < -0.4 is 5.32 Å². The maximum atomic E-state index is 12.0. The van der Waals surface area contributed by atoms with Gasteiger partial charge in [-0.1, -0.05) is 6.42 Å². The highest BCUT2D eigenvalue weighted by Crippen LogP contribution is 2.19. The smallest absolute Gasteiger partial charge is 0.238 e. The van der Waals surface area contributed by atoms with E-state index in [1.54, 1.807) is 0 Å². The van der Waals surface area contributed by atoms with Crippen LogP contribution in [0.3, 0.4) is 0 Å². The van der Waals surface area contributed by atoms with Crippen molar-refractivity contribution < 1.29 is 23.1 Å². The third-order valence-electron chi connectivity index (χ3n) is 3.18. The number of nitrogens with one attached hydrogen (secondary N) is 1. The molecule has 1 heterocycles. The van der Waals surface area contributed by atoms with E-state index in [9.17, 15) is 13.2 Å². The van der Waals surface area contributed by atoms with Crippen LogP contribution in [-0.4, -0.2) is 68.9 Å². The molecule has 0 bridgehead atoms. The average Bonchev–Trinajstić information content (AvgIpc) is 2.41. The van der Waals surface area contributed by atoms with Crippen molar-refractivity contribution in [2.45, 2.75) is 31.7 Å². The van der Waals surface area contributed by atoms with Crippen LogP contribution in [0.4, 0.5) is 0 Å². The quantitative estimate of drug-likeness (QED) is 0.579. The molecule has 0 aliphatic carbocycles. The van der Waals surface area contributed by atoms with E-state index in [-0.39, 0.29) is 12.5 Å². The van der Waals surface area contributed by atoms with Crippen molar-refractivity contribution >= 4 is 15.9 Å². The van der Waals surface area contributed by atoms with Crippen LogP contribution >= 0.6 is 0 Å². The highest BCUT2D eigenvalue weighted by molar-refractivity contribution is 7.88. The molecule has 0 radical (unpaired) electrons. The number of rotatable bonds is 8. The van der Waals surface area contributed by atoms with Gasteiger partial charge in [-0.25, -0.2) is 8.42 Å². The standard InChI is InChI=1S/C12H24N2O5S/c1-20(17,18)14-7-3-2-5-11(14)12(16)13-6-4-9-19-10-8-15/h11,15H,2-10H2,1H3,(H,13,16). The van der Waals surface area contributed by atoms with Crippen molar-refractivity contribution in [1.82, 2.24) is 9.62 Å². The van der Waals surface area contributed by atoms with Crippen LogP contribution in [0.1, 0.15) is 25.7 Å². The zero-order valence-electron chi connectivity index (χ0n) is 11.9. The summed E-state index contributed by atoms with van der Waals surface area (Å²) in [6, 6.07) is -0.586. The lowest BCUT2D eigenvalue weighted by Gasteiger charge is -2.32. The molecule has 0 saturated carbocycles. The number of hydrogen-bond donors (Lipinski definition) is 2. The minimum Gasteiger partial charge on any atom is -0.394 e. The van der Waals surface area contributed by atoms with Gasteiger partial charge in [0, 0.05) is 19.7 Å². The summed E-state index contributed by atoms with van der Waals surface area (Å²) < 4.78 is 29.7. The van der Waals surface area contributed by atoms with E-state index in [1.807, 2.05) is 0 Å². The average molecular weight is 308 g/mol. The zero-order valence-corrected chi connectivity index (χ0v) is 12.7. The molecule has 2 N–H and O–H groups in total. The molecule has 0 aromatic carbocycles. The molecule has 1 saturated heterocycles. The molecule has 1 aliphatic rings. The van der Waals surface area contributed by atoms with Crippen LogP contribution in [0.2, 0.25) is 0 Å². The first-order chi connectivity index (χ1) is 9.46. The molecule has 20 heavy (non-hydrogen) atoms. The van der Waals surface area contributed by atoms with E-state index in [0.717, 1.165) is 19.1 Å². The van der Waals surface area contributed by atoms with Gasteiger partial charge in [0.2, 0.25) is 15.9 Å². The first-order valence-electron chi connectivity index (χ1n) is 6.90. The van der Waals surface area contributed by atoms with Gasteiger partial charge in [0.25, 0.3) is 0 Å².